The van der Waals surface area contributed by atoms with E-state index < -0.39 is 0 Å². The molecule has 1 N–H and O–H groups in total. The molecule has 1 saturated heterocycles. The number of nitrogens with zero attached hydrogens (tertiary/aromatic N) is 5. The molecule has 1 saturated carbocycles. The molecule has 4 heterocycles. The van der Waals surface area contributed by atoms with Gasteiger partial charge in [-0.05, 0) is 79.3 Å². The maximum Gasteiger partial charge on any atom is 0.158 e. The summed E-state index contributed by atoms with van der Waals surface area (Å²) in [6, 6.07) is 7.71. The number of nitrogens with one attached hydrogen (secondary N) is 1. The predicted octanol–water partition coefficient (Wildman–Crippen LogP) is 5.68. The average Bonchev–Trinajstić information content (AvgIpc) is 3.43. The smallest absolute Gasteiger partial charge is 0.158 e. The zero-order chi connectivity index (χ0) is 22.7. The van der Waals surface area contributed by atoms with Crippen molar-refractivity contribution in [1.29, 1.82) is 0 Å². The summed E-state index contributed by atoms with van der Waals surface area (Å²) in [6.07, 6.45) is 8.82. The van der Waals surface area contributed by atoms with Gasteiger partial charge in [-0.3, -0.25) is 10.00 Å². The van der Waals surface area contributed by atoms with Crippen LogP contribution in [-0.2, 0) is 0 Å². The molecule has 2 aliphatic rings. The fourth-order valence-corrected chi connectivity index (χ4v) is 6.14. The van der Waals surface area contributed by atoms with Crippen molar-refractivity contribution < 1.29 is 0 Å². The molecule has 0 radical (unpaired) electrons. The fraction of sp³-hybridized carbons (Fsp3) is 0.519. The molecule has 6 heteroatoms. The van der Waals surface area contributed by atoms with Crippen LogP contribution in [0.2, 0.25) is 0 Å². The lowest BCUT2D eigenvalue weighted by Crippen LogP contribution is -2.51. The molecule has 0 spiro atoms. The molecule has 3 aromatic heterocycles. The number of aromatic amines is 1. The fourth-order valence-electron chi connectivity index (χ4n) is 6.14. The van der Waals surface area contributed by atoms with Crippen LogP contribution < -0.4 is 0 Å². The Balaban J connectivity index is 1.34. The lowest BCUT2D eigenvalue weighted by Gasteiger charge is -2.45. The Kier molecular flexibility index (Phi) is 5.02. The van der Waals surface area contributed by atoms with E-state index in [1.54, 1.807) is 6.33 Å². The summed E-state index contributed by atoms with van der Waals surface area (Å²) in [4.78, 5) is 7.07. The lowest BCUT2D eigenvalue weighted by molar-refractivity contribution is 0.0409. The Morgan fingerprint density at radius 2 is 1.85 bits per heavy atom. The zero-order valence-corrected chi connectivity index (χ0v) is 20.2. The quantitative estimate of drug-likeness (QED) is 0.441. The summed E-state index contributed by atoms with van der Waals surface area (Å²) < 4.78 is 1.88. The van der Waals surface area contributed by atoms with Gasteiger partial charge in [-0.25, -0.2) is 9.50 Å². The second kappa shape index (κ2) is 7.94. The molecule has 2 fully saturated rings. The first kappa shape index (κ1) is 20.8. The van der Waals surface area contributed by atoms with E-state index in [-0.39, 0.29) is 0 Å². The largest absolute Gasteiger partial charge is 0.300 e. The topological polar surface area (TPSA) is 62.1 Å². The lowest BCUT2D eigenvalue weighted by atomic mass is 9.80. The van der Waals surface area contributed by atoms with Crippen LogP contribution in [0.1, 0.15) is 75.1 Å². The highest BCUT2D eigenvalue weighted by atomic mass is 15.3. The van der Waals surface area contributed by atoms with Gasteiger partial charge in [0.1, 0.15) is 6.33 Å². The Morgan fingerprint density at radius 1 is 1.06 bits per heavy atom. The summed E-state index contributed by atoms with van der Waals surface area (Å²) in [7, 11) is 0. The van der Waals surface area contributed by atoms with Gasteiger partial charge in [0.15, 0.2) is 5.65 Å². The molecule has 1 aromatic carbocycles. The maximum absolute atomic E-state index is 4.86. The Morgan fingerprint density at radius 3 is 2.58 bits per heavy atom. The first-order chi connectivity index (χ1) is 16.0. The highest BCUT2D eigenvalue weighted by molar-refractivity contribution is 5.89. The van der Waals surface area contributed by atoms with Crippen molar-refractivity contribution in [1.82, 2.24) is 29.7 Å². The molecule has 0 atom stereocenters. The van der Waals surface area contributed by atoms with E-state index in [1.807, 2.05) is 4.52 Å². The third-order valence-corrected chi connectivity index (χ3v) is 7.95. The molecular formula is C27H34N6. The highest BCUT2D eigenvalue weighted by Crippen LogP contribution is 2.40. The van der Waals surface area contributed by atoms with Gasteiger partial charge in [0.2, 0.25) is 0 Å². The number of pyridine rings is 1. The number of rotatable bonds is 4. The van der Waals surface area contributed by atoms with Crippen molar-refractivity contribution in [2.24, 2.45) is 5.92 Å². The molecule has 172 valence electrons. The molecular weight excluding hydrogens is 408 g/mol. The molecule has 1 aliphatic carbocycles. The van der Waals surface area contributed by atoms with Gasteiger partial charge < -0.3 is 0 Å². The summed E-state index contributed by atoms with van der Waals surface area (Å²) in [6.45, 7) is 11.6. The van der Waals surface area contributed by atoms with Crippen LogP contribution in [0.25, 0.3) is 27.7 Å². The Labute approximate surface area is 195 Å². The van der Waals surface area contributed by atoms with Crippen LogP contribution in [0.3, 0.4) is 0 Å². The number of aromatic nitrogens is 5. The van der Waals surface area contributed by atoms with Crippen LogP contribution in [0.15, 0.2) is 30.7 Å². The van der Waals surface area contributed by atoms with Crippen molar-refractivity contribution in [3.05, 3.63) is 47.5 Å². The first-order valence-electron chi connectivity index (χ1n) is 12.5. The number of benzene rings is 1. The second-order valence-electron chi connectivity index (χ2n) is 10.8. The second-order valence-corrected chi connectivity index (χ2v) is 10.8. The van der Waals surface area contributed by atoms with Crippen molar-refractivity contribution in [3.8, 4) is 11.1 Å². The first-order valence-corrected chi connectivity index (χ1v) is 12.5. The van der Waals surface area contributed by atoms with Gasteiger partial charge in [-0.1, -0.05) is 20.8 Å². The van der Waals surface area contributed by atoms with Gasteiger partial charge in [0, 0.05) is 42.2 Å². The molecule has 0 amide bonds. The van der Waals surface area contributed by atoms with Crippen LogP contribution in [-0.4, -0.2) is 48.8 Å². The number of hydrogen-bond donors (Lipinski definition) is 1. The SMILES string of the molecule is Cc1cc(-c2cc3[nH]nc(C4CCC(N5CC(C)C5)CC4)c3cc2C(C)C)cn2ncnc12. The van der Waals surface area contributed by atoms with Crippen molar-refractivity contribution >= 4 is 16.6 Å². The van der Waals surface area contributed by atoms with E-state index in [0.717, 1.165) is 28.7 Å². The molecule has 33 heavy (non-hydrogen) atoms. The van der Waals surface area contributed by atoms with Crippen molar-refractivity contribution in [2.45, 2.75) is 71.3 Å². The number of fused-ring (bicyclic) bond motifs is 2. The van der Waals surface area contributed by atoms with Crippen LogP contribution in [0.5, 0.6) is 0 Å². The highest BCUT2D eigenvalue weighted by Gasteiger charge is 2.33. The van der Waals surface area contributed by atoms with Gasteiger partial charge in [-0.15, -0.1) is 0 Å². The van der Waals surface area contributed by atoms with Gasteiger partial charge in [-0.2, -0.15) is 10.2 Å². The third-order valence-electron chi connectivity index (χ3n) is 7.95. The minimum Gasteiger partial charge on any atom is -0.300 e. The molecule has 4 aromatic rings. The van der Waals surface area contributed by atoms with E-state index in [4.69, 9.17) is 5.10 Å². The number of H-pyrrole nitrogens is 1. The minimum atomic E-state index is 0.419. The van der Waals surface area contributed by atoms with Crippen molar-refractivity contribution in [2.75, 3.05) is 13.1 Å². The minimum absolute atomic E-state index is 0.419. The predicted molar refractivity (Wildman–Crippen MR) is 133 cm³/mol. The normalized spacial score (nSPS) is 22.5. The molecule has 1 aliphatic heterocycles. The Bertz CT molecular complexity index is 1300. The van der Waals surface area contributed by atoms with Crippen LogP contribution in [0.4, 0.5) is 0 Å². The van der Waals surface area contributed by atoms with E-state index in [1.165, 1.54) is 66.5 Å². The molecule has 0 unspecified atom stereocenters. The maximum atomic E-state index is 4.86. The summed E-state index contributed by atoms with van der Waals surface area (Å²) in [5.74, 6) is 1.87. The van der Waals surface area contributed by atoms with E-state index >= 15 is 0 Å². The van der Waals surface area contributed by atoms with Gasteiger partial charge in [0.05, 0.1) is 11.2 Å². The molecule has 6 rings (SSSR count). The zero-order valence-electron chi connectivity index (χ0n) is 20.2. The third kappa shape index (κ3) is 3.55. The molecule has 0 bridgehead atoms. The van der Waals surface area contributed by atoms with Crippen LogP contribution >= 0.6 is 0 Å². The van der Waals surface area contributed by atoms with Crippen molar-refractivity contribution in [3.63, 3.8) is 0 Å². The van der Waals surface area contributed by atoms with Gasteiger partial charge >= 0.3 is 0 Å². The Hall–Kier alpha value is -2.73. The number of aryl methyl sites for hydroxylation is 1. The average molecular weight is 443 g/mol. The van der Waals surface area contributed by atoms with E-state index in [2.05, 4.69) is 72.2 Å². The van der Waals surface area contributed by atoms with E-state index in [9.17, 15) is 0 Å². The number of hydrogen-bond acceptors (Lipinski definition) is 4. The summed E-state index contributed by atoms with van der Waals surface area (Å²) in [5.41, 5.74) is 8.26. The summed E-state index contributed by atoms with van der Waals surface area (Å²) >= 11 is 0. The van der Waals surface area contributed by atoms with E-state index in [0.29, 0.717) is 11.8 Å². The molecule has 6 nitrogen and oxygen atoms in total. The van der Waals surface area contributed by atoms with Gasteiger partial charge in [0.25, 0.3) is 0 Å². The summed E-state index contributed by atoms with van der Waals surface area (Å²) in [5, 5.41) is 13.9. The standard InChI is InChI=1S/C27H34N6/c1-16(2)22-10-24-25(11-23(22)20-9-18(4)27-28-15-29-33(27)14-20)30-31-26(24)19-5-7-21(8-6-19)32-12-17(3)13-32/h9-11,14-17,19,21H,5-8,12-13H2,1-4H3,(H,30,31). The van der Waals surface area contributed by atoms with Crippen LogP contribution in [0, 0.1) is 12.8 Å². The number of likely N-dealkylation sites (tertiary alicyclic amines) is 1. The monoisotopic (exact) mass is 442 g/mol.